The smallest absolute Gasteiger partial charge is 0.0543 e. The summed E-state index contributed by atoms with van der Waals surface area (Å²) in [5.74, 6) is 0. The molecule has 1 heteroatoms. The first-order valence-electron chi connectivity index (χ1n) is 2.84. The summed E-state index contributed by atoms with van der Waals surface area (Å²) in [6.07, 6.45) is 2.84. The average Bonchev–Trinajstić information content (AvgIpc) is 1.68. The van der Waals surface area contributed by atoms with Gasteiger partial charge in [0.05, 0.1) is 6.10 Å². The maximum atomic E-state index is 4.99. The quantitative estimate of drug-likeness (QED) is 0.576. The van der Waals surface area contributed by atoms with Gasteiger partial charge in [-0.1, -0.05) is 28.2 Å². The Morgan fingerprint density at radius 2 is 1.78 bits per heavy atom. The first kappa shape index (κ1) is 16.0. The van der Waals surface area contributed by atoms with Crippen LogP contribution in [0.3, 0.4) is 0 Å². The van der Waals surface area contributed by atoms with Crippen LogP contribution in [0, 0.1) is 0 Å². The van der Waals surface area contributed by atoms with Crippen molar-refractivity contribution in [1.82, 2.24) is 0 Å². The molecule has 0 amide bonds. The highest BCUT2D eigenvalue weighted by Crippen LogP contribution is 1.96. The van der Waals surface area contributed by atoms with Gasteiger partial charge in [-0.15, -0.1) is 0 Å². The van der Waals surface area contributed by atoms with Gasteiger partial charge in [-0.05, 0) is 13.3 Å². The second kappa shape index (κ2) is 10.9. The highest BCUT2D eigenvalue weighted by Gasteiger charge is 1.92. The Kier molecular flexibility index (Phi) is 19.3. The van der Waals surface area contributed by atoms with E-state index in [2.05, 4.69) is 13.8 Å². The Hall–Kier alpha value is -0.0400. The summed E-state index contributed by atoms with van der Waals surface area (Å²) in [5.41, 5.74) is 0. The normalized spacial score (nSPS) is 11.0. The molecule has 0 radical (unpaired) electrons. The predicted molar refractivity (Wildman–Crippen MR) is 44.8 cm³/mol. The fourth-order valence-electron chi connectivity index (χ4n) is 0.524. The van der Waals surface area contributed by atoms with Crippen molar-refractivity contribution in [2.75, 3.05) is 7.11 Å². The molecule has 9 heavy (non-hydrogen) atoms. The van der Waals surface area contributed by atoms with E-state index in [-0.39, 0.29) is 14.9 Å². The van der Waals surface area contributed by atoms with Gasteiger partial charge in [0.15, 0.2) is 0 Å². The summed E-state index contributed by atoms with van der Waals surface area (Å²) in [5, 5.41) is 0. The van der Waals surface area contributed by atoms with E-state index in [0.29, 0.717) is 6.10 Å². The van der Waals surface area contributed by atoms with Crippen molar-refractivity contribution in [2.45, 2.75) is 47.6 Å². The number of hydrogen-bond acceptors (Lipinski definition) is 1. The predicted octanol–water partition coefficient (Wildman–Crippen LogP) is 3.09. The largest absolute Gasteiger partial charge is 0.382 e. The van der Waals surface area contributed by atoms with Crippen molar-refractivity contribution in [3.63, 3.8) is 0 Å². The summed E-state index contributed by atoms with van der Waals surface area (Å²) in [4.78, 5) is 0. The molecule has 0 aromatic heterocycles. The van der Waals surface area contributed by atoms with Gasteiger partial charge in [-0.3, -0.25) is 0 Å². The topological polar surface area (TPSA) is 9.23 Å². The molecule has 0 fully saturated rings. The lowest BCUT2D eigenvalue weighted by Gasteiger charge is -2.04. The van der Waals surface area contributed by atoms with Gasteiger partial charge in [-0.2, -0.15) is 0 Å². The van der Waals surface area contributed by atoms with Crippen LogP contribution >= 0.6 is 0 Å². The van der Waals surface area contributed by atoms with Crippen LogP contribution in [0.4, 0.5) is 0 Å². The van der Waals surface area contributed by atoms with Gasteiger partial charge in [0.25, 0.3) is 0 Å². The summed E-state index contributed by atoms with van der Waals surface area (Å²) >= 11 is 0. The molecule has 60 valence electrons. The molecule has 1 unspecified atom stereocenters. The van der Waals surface area contributed by atoms with Crippen LogP contribution in [0.5, 0.6) is 0 Å². The summed E-state index contributed by atoms with van der Waals surface area (Å²) in [7, 11) is 1.75. The van der Waals surface area contributed by atoms with Gasteiger partial charge in [0, 0.05) is 7.11 Å². The fraction of sp³-hybridized carbons (Fsp3) is 1.00. The Bertz CT molecular complexity index is 35.5. The molecular weight excluding hydrogens is 112 g/mol. The molecule has 0 aliphatic carbocycles. The Labute approximate surface area is 60.4 Å². The van der Waals surface area contributed by atoms with E-state index < -0.39 is 0 Å². The zero-order chi connectivity index (χ0) is 5.70. The number of ether oxygens (including phenoxy) is 1. The van der Waals surface area contributed by atoms with Crippen molar-refractivity contribution in [3.05, 3.63) is 0 Å². The first-order chi connectivity index (χ1) is 3.31. The van der Waals surface area contributed by atoms with Crippen LogP contribution in [-0.4, -0.2) is 13.2 Å². The molecule has 0 aliphatic rings. The van der Waals surface area contributed by atoms with E-state index in [4.69, 9.17) is 4.74 Å². The van der Waals surface area contributed by atoms with E-state index in [1.165, 1.54) is 12.8 Å². The molecule has 1 atom stereocenters. The van der Waals surface area contributed by atoms with E-state index in [0.717, 1.165) is 0 Å². The lowest BCUT2D eigenvalue weighted by atomic mass is 10.2. The van der Waals surface area contributed by atoms with Gasteiger partial charge >= 0.3 is 0 Å². The minimum Gasteiger partial charge on any atom is -0.382 e. The van der Waals surface area contributed by atoms with Crippen molar-refractivity contribution < 1.29 is 4.74 Å². The van der Waals surface area contributed by atoms with E-state index in [1.54, 1.807) is 7.11 Å². The zero-order valence-corrected chi connectivity index (χ0v) is 5.40. The van der Waals surface area contributed by atoms with Crippen LogP contribution in [-0.2, 0) is 4.74 Å². The fourth-order valence-corrected chi connectivity index (χ4v) is 0.524. The summed E-state index contributed by atoms with van der Waals surface area (Å²) in [6.45, 7) is 4.25. The molecule has 0 aromatic carbocycles. The molecule has 0 N–H and O–H groups in total. The average molecular weight is 134 g/mol. The maximum absolute atomic E-state index is 4.99. The Morgan fingerprint density at radius 3 is 1.89 bits per heavy atom. The Balaban J connectivity index is -0.000000180. The van der Waals surface area contributed by atoms with Crippen LogP contribution in [0.2, 0.25) is 0 Å². The molecule has 0 bridgehead atoms. The molecule has 1 nitrogen and oxygen atoms in total. The van der Waals surface area contributed by atoms with E-state index in [9.17, 15) is 0 Å². The van der Waals surface area contributed by atoms with Gasteiger partial charge < -0.3 is 4.74 Å². The maximum Gasteiger partial charge on any atom is 0.0543 e. The number of hydrogen-bond donors (Lipinski definition) is 0. The Morgan fingerprint density at radius 1 is 1.33 bits per heavy atom. The van der Waals surface area contributed by atoms with Gasteiger partial charge in [-0.25, -0.2) is 0 Å². The first-order valence-corrected chi connectivity index (χ1v) is 2.84. The van der Waals surface area contributed by atoms with E-state index in [1.807, 2.05) is 0 Å². The van der Waals surface area contributed by atoms with Crippen molar-refractivity contribution >= 4 is 0 Å². The summed E-state index contributed by atoms with van der Waals surface area (Å²) < 4.78 is 4.99. The second-order valence-corrected chi connectivity index (χ2v) is 1.83. The zero-order valence-electron chi connectivity index (χ0n) is 5.40. The van der Waals surface area contributed by atoms with Gasteiger partial charge in [0.2, 0.25) is 0 Å². The molecule has 0 rings (SSSR count). The third-order valence-electron chi connectivity index (χ3n) is 1.10. The van der Waals surface area contributed by atoms with Crippen molar-refractivity contribution in [1.29, 1.82) is 0 Å². The van der Waals surface area contributed by atoms with E-state index >= 15 is 0 Å². The third kappa shape index (κ3) is 11.5. The summed E-state index contributed by atoms with van der Waals surface area (Å²) in [6, 6.07) is 0. The molecule has 0 spiro atoms. The van der Waals surface area contributed by atoms with Crippen molar-refractivity contribution in [3.8, 4) is 0 Å². The molecule has 0 saturated heterocycles. The minimum atomic E-state index is 0. The van der Waals surface area contributed by atoms with Crippen LogP contribution in [0.1, 0.15) is 41.5 Å². The lowest BCUT2D eigenvalue weighted by molar-refractivity contribution is 0.110. The SMILES string of the molecule is C.C.CCCC(C)OC. The van der Waals surface area contributed by atoms with Crippen LogP contribution in [0.25, 0.3) is 0 Å². The molecule has 0 heterocycles. The molecule has 0 aliphatic heterocycles. The monoisotopic (exact) mass is 134 g/mol. The number of methoxy groups -OCH3 is 1. The number of rotatable bonds is 3. The molecular formula is C8H22O. The van der Waals surface area contributed by atoms with Crippen molar-refractivity contribution in [2.24, 2.45) is 0 Å². The minimum absolute atomic E-state index is 0. The highest BCUT2D eigenvalue weighted by molar-refractivity contribution is 4.43. The molecule has 0 saturated carbocycles. The lowest BCUT2D eigenvalue weighted by Crippen LogP contribution is -2.02. The third-order valence-corrected chi connectivity index (χ3v) is 1.10. The van der Waals surface area contributed by atoms with Crippen LogP contribution < -0.4 is 0 Å². The highest BCUT2D eigenvalue weighted by atomic mass is 16.5. The second-order valence-electron chi connectivity index (χ2n) is 1.83. The standard InChI is InChI=1S/C6H14O.2CH4/c1-4-5-6(2)7-3;;/h6H,4-5H2,1-3H3;2*1H4. The molecule has 0 aromatic rings. The van der Waals surface area contributed by atoms with Gasteiger partial charge in [0.1, 0.15) is 0 Å². The van der Waals surface area contributed by atoms with Crippen LogP contribution in [0.15, 0.2) is 0 Å².